The van der Waals surface area contributed by atoms with Gasteiger partial charge in [0.15, 0.2) is 5.82 Å². The summed E-state index contributed by atoms with van der Waals surface area (Å²) in [5.41, 5.74) is -0.366. The Morgan fingerprint density at radius 3 is 2.72 bits per heavy atom. The van der Waals surface area contributed by atoms with Crippen molar-refractivity contribution in [1.29, 1.82) is 0 Å². The van der Waals surface area contributed by atoms with Gasteiger partial charge in [0.1, 0.15) is 5.69 Å². The highest BCUT2D eigenvalue weighted by Crippen LogP contribution is 2.33. The molecule has 0 atom stereocenters. The van der Waals surface area contributed by atoms with E-state index >= 15 is 0 Å². The average Bonchev–Trinajstić information content (AvgIpc) is 2.77. The van der Waals surface area contributed by atoms with Crippen LogP contribution in [-0.2, 0) is 6.54 Å². The summed E-state index contributed by atoms with van der Waals surface area (Å²) in [6.45, 7) is 2.20. The van der Waals surface area contributed by atoms with E-state index in [4.69, 9.17) is 11.6 Å². The van der Waals surface area contributed by atoms with Crippen LogP contribution < -0.4 is 0 Å². The van der Waals surface area contributed by atoms with Gasteiger partial charge in [0.05, 0.1) is 10.6 Å². The molecule has 0 N–H and O–H groups in total. The van der Waals surface area contributed by atoms with Gasteiger partial charge in [-0.3, -0.25) is 4.68 Å². The smallest absolute Gasteiger partial charge is 0.267 e. The molecule has 2 rings (SSSR count). The molecule has 0 aliphatic heterocycles. The van der Waals surface area contributed by atoms with Crippen LogP contribution in [0.3, 0.4) is 0 Å². The minimum atomic E-state index is -2.71. The Labute approximate surface area is 107 Å². The van der Waals surface area contributed by atoms with Gasteiger partial charge in [-0.15, -0.1) is 0 Å². The highest BCUT2D eigenvalue weighted by Gasteiger charge is 2.21. The van der Waals surface area contributed by atoms with Crippen LogP contribution in [0.15, 0.2) is 24.4 Å². The predicted octanol–water partition coefficient (Wildman–Crippen LogP) is 4.30. The Bertz CT molecular complexity index is 566. The largest absolute Gasteiger partial charge is 0.272 e. The van der Waals surface area contributed by atoms with Crippen molar-refractivity contribution < 1.29 is 13.2 Å². The molecule has 2 nitrogen and oxygen atoms in total. The van der Waals surface area contributed by atoms with E-state index in [1.807, 2.05) is 0 Å². The third kappa shape index (κ3) is 2.22. The quantitative estimate of drug-likeness (QED) is 0.816. The Morgan fingerprint density at radius 1 is 1.39 bits per heavy atom. The number of rotatable bonds is 3. The number of nitrogens with zero attached hydrogens (tertiary/aromatic N) is 2. The summed E-state index contributed by atoms with van der Waals surface area (Å²) in [4.78, 5) is 0. The van der Waals surface area contributed by atoms with E-state index in [1.54, 1.807) is 6.92 Å². The first-order valence-corrected chi connectivity index (χ1v) is 5.72. The molecule has 0 spiro atoms. The third-order valence-corrected chi connectivity index (χ3v) is 2.85. The van der Waals surface area contributed by atoms with Gasteiger partial charge in [-0.2, -0.15) is 5.10 Å². The maximum absolute atomic E-state index is 13.8. The molecule has 0 fully saturated rings. The number of alkyl halides is 2. The van der Waals surface area contributed by atoms with Gasteiger partial charge >= 0.3 is 0 Å². The fourth-order valence-electron chi connectivity index (χ4n) is 1.65. The van der Waals surface area contributed by atoms with Crippen LogP contribution in [0.5, 0.6) is 0 Å². The van der Waals surface area contributed by atoms with E-state index in [9.17, 15) is 13.2 Å². The Balaban J connectivity index is 2.62. The van der Waals surface area contributed by atoms with Crippen LogP contribution in [0.25, 0.3) is 11.3 Å². The maximum atomic E-state index is 13.8. The van der Waals surface area contributed by atoms with Crippen molar-refractivity contribution >= 4 is 11.6 Å². The van der Waals surface area contributed by atoms with Crippen molar-refractivity contribution in [1.82, 2.24) is 9.78 Å². The Kier molecular flexibility index (Phi) is 3.61. The van der Waals surface area contributed by atoms with Gasteiger partial charge in [-0.25, -0.2) is 13.2 Å². The number of halogens is 4. The standard InChI is InChI=1S/C12H10ClF3N2/c1-2-18-6-8(12(15)16)11(17-18)7-4-3-5-9(13)10(7)14/h3-6,12H,2H2,1H3. The van der Waals surface area contributed by atoms with Gasteiger partial charge in [-0.1, -0.05) is 17.7 Å². The lowest BCUT2D eigenvalue weighted by atomic mass is 10.1. The molecule has 96 valence electrons. The zero-order chi connectivity index (χ0) is 13.3. The summed E-state index contributed by atoms with van der Waals surface area (Å²) in [5, 5.41) is 3.85. The van der Waals surface area contributed by atoms with E-state index in [0.29, 0.717) is 6.54 Å². The molecule has 6 heteroatoms. The van der Waals surface area contributed by atoms with Crippen LogP contribution in [-0.4, -0.2) is 9.78 Å². The normalized spacial score (nSPS) is 11.2. The van der Waals surface area contributed by atoms with Gasteiger partial charge in [0.2, 0.25) is 0 Å². The number of aromatic nitrogens is 2. The lowest BCUT2D eigenvalue weighted by molar-refractivity contribution is 0.152. The summed E-state index contributed by atoms with van der Waals surface area (Å²) < 4.78 is 40.9. The van der Waals surface area contributed by atoms with Crippen molar-refractivity contribution in [2.75, 3.05) is 0 Å². The first kappa shape index (κ1) is 13.0. The van der Waals surface area contributed by atoms with E-state index in [-0.39, 0.29) is 21.8 Å². The van der Waals surface area contributed by atoms with Crippen molar-refractivity contribution in [3.05, 3.63) is 40.8 Å². The fraction of sp³-hybridized carbons (Fsp3) is 0.250. The zero-order valence-electron chi connectivity index (χ0n) is 9.50. The number of hydrogen-bond donors (Lipinski definition) is 0. The summed E-state index contributed by atoms with van der Waals surface area (Å²) in [6, 6.07) is 4.25. The topological polar surface area (TPSA) is 17.8 Å². The van der Waals surface area contributed by atoms with Gasteiger partial charge in [0, 0.05) is 18.3 Å². The van der Waals surface area contributed by atoms with Gasteiger partial charge < -0.3 is 0 Å². The molecule has 0 aliphatic carbocycles. The summed E-state index contributed by atoms with van der Waals surface area (Å²) in [7, 11) is 0. The highest BCUT2D eigenvalue weighted by molar-refractivity contribution is 6.31. The van der Waals surface area contributed by atoms with Crippen LogP contribution in [0.1, 0.15) is 18.9 Å². The van der Waals surface area contributed by atoms with E-state index in [0.717, 1.165) is 0 Å². The molecular formula is C12H10ClF3N2. The zero-order valence-corrected chi connectivity index (χ0v) is 10.3. The van der Waals surface area contributed by atoms with E-state index in [2.05, 4.69) is 5.10 Å². The third-order valence-electron chi connectivity index (χ3n) is 2.56. The van der Waals surface area contributed by atoms with Crippen LogP contribution in [0, 0.1) is 5.82 Å². The summed E-state index contributed by atoms with van der Waals surface area (Å²) >= 11 is 5.64. The average molecular weight is 275 g/mol. The minimum Gasteiger partial charge on any atom is -0.272 e. The molecule has 0 saturated carbocycles. The Morgan fingerprint density at radius 2 is 2.11 bits per heavy atom. The number of benzene rings is 1. The molecule has 1 aromatic heterocycles. The molecule has 2 aromatic rings. The molecule has 1 aromatic carbocycles. The molecule has 0 bridgehead atoms. The second kappa shape index (κ2) is 5.02. The summed E-state index contributed by atoms with van der Waals surface area (Å²) in [5.74, 6) is -0.734. The maximum Gasteiger partial charge on any atom is 0.267 e. The highest BCUT2D eigenvalue weighted by atomic mass is 35.5. The fourth-order valence-corrected chi connectivity index (χ4v) is 1.83. The molecule has 0 saturated heterocycles. The second-order valence-electron chi connectivity index (χ2n) is 3.69. The van der Waals surface area contributed by atoms with Crippen LogP contribution >= 0.6 is 11.6 Å². The number of aryl methyl sites for hydroxylation is 1. The first-order chi connectivity index (χ1) is 8.54. The monoisotopic (exact) mass is 274 g/mol. The Hall–Kier alpha value is -1.49. The van der Waals surface area contributed by atoms with Crippen molar-refractivity contribution in [3.63, 3.8) is 0 Å². The molecule has 18 heavy (non-hydrogen) atoms. The molecular weight excluding hydrogens is 265 g/mol. The SMILES string of the molecule is CCn1cc(C(F)F)c(-c2cccc(Cl)c2F)n1. The van der Waals surface area contributed by atoms with Gasteiger partial charge in [0.25, 0.3) is 6.43 Å². The van der Waals surface area contributed by atoms with E-state index < -0.39 is 12.2 Å². The number of hydrogen-bond acceptors (Lipinski definition) is 1. The van der Waals surface area contributed by atoms with Crippen LogP contribution in [0.4, 0.5) is 13.2 Å². The lowest BCUT2D eigenvalue weighted by Gasteiger charge is -2.04. The molecule has 0 unspecified atom stereocenters. The van der Waals surface area contributed by atoms with Crippen LogP contribution in [0.2, 0.25) is 5.02 Å². The lowest BCUT2D eigenvalue weighted by Crippen LogP contribution is -1.95. The van der Waals surface area contributed by atoms with E-state index in [1.165, 1.54) is 29.1 Å². The minimum absolute atomic E-state index is 0.00926. The second-order valence-corrected chi connectivity index (χ2v) is 4.10. The summed E-state index contributed by atoms with van der Waals surface area (Å²) in [6.07, 6.45) is -1.49. The van der Waals surface area contributed by atoms with Gasteiger partial charge in [-0.05, 0) is 19.1 Å². The first-order valence-electron chi connectivity index (χ1n) is 5.34. The van der Waals surface area contributed by atoms with Crippen molar-refractivity contribution in [2.24, 2.45) is 0 Å². The van der Waals surface area contributed by atoms with Crippen molar-refractivity contribution in [2.45, 2.75) is 19.9 Å². The molecule has 0 aliphatic rings. The molecule has 0 radical (unpaired) electrons. The van der Waals surface area contributed by atoms with Crippen molar-refractivity contribution in [3.8, 4) is 11.3 Å². The molecule has 0 amide bonds. The molecule has 1 heterocycles. The predicted molar refractivity (Wildman–Crippen MR) is 63.3 cm³/mol.